The van der Waals surface area contributed by atoms with Crippen molar-refractivity contribution in [2.24, 2.45) is 0 Å². The third-order valence-electron chi connectivity index (χ3n) is 4.18. The molecule has 0 saturated carbocycles. The van der Waals surface area contributed by atoms with Crippen LogP contribution in [-0.2, 0) is 0 Å². The summed E-state index contributed by atoms with van der Waals surface area (Å²) < 4.78 is 14.6. The molecule has 0 radical (unpaired) electrons. The van der Waals surface area contributed by atoms with Crippen LogP contribution in [0.3, 0.4) is 0 Å². The van der Waals surface area contributed by atoms with Crippen LogP contribution in [0.15, 0.2) is 67.0 Å². The third kappa shape index (κ3) is 3.59. The maximum atomic E-state index is 14.6. The van der Waals surface area contributed by atoms with Crippen molar-refractivity contribution in [3.8, 4) is 33.6 Å². The largest absolute Gasteiger partial charge is 0.253 e. The molecule has 0 atom stereocenters. The Bertz CT molecular complexity index is 1160. The zero-order valence-corrected chi connectivity index (χ0v) is 16.5. The third-order valence-corrected chi connectivity index (χ3v) is 4.92. The summed E-state index contributed by atoms with van der Waals surface area (Å²) in [7, 11) is 0. The van der Waals surface area contributed by atoms with Gasteiger partial charge in [0.15, 0.2) is 0 Å². The quantitative estimate of drug-likeness (QED) is 0.352. The molecule has 4 aromatic rings. The van der Waals surface area contributed by atoms with E-state index >= 15 is 0 Å². The summed E-state index contributed by atoms with van der Waals surface area (Å²) in [5, 5.41) is 9.65. The average molecular weight is 431 g/mol. The zero-order valence-electron chi connectivity index (χ0n) is 14.2. The Morgan fingerprint density at radius 1 is 0.750 bits per heavy atom. The fourth-order valence-corrected chi connectivity index (χ4v) is 3.54. The van der Waals surface area contributed by atoms with E-state index in [0.717, 1.165) is 5.56 Å². The molecule has 0 N–H and O–H groups in total. The first-order valence-electron chi connectivity index (χ1n) is 8.22. The highest BCUT2D eigenvalue weighted by atomic mass is 35.5. The second kappa shape index (κ2) is 7.84. The van der Waals surface area contributed by atoms with Crippen molar-refractivity contribution in [3.63, 3.8) is 0 Å². The Morgan fingerprint density at radius 3 is 2.21 bits per heavy atom. The van der Waals surface area contributed by atoms with Crippen LogP contribution in [0.2, 0.25) is 15.1 Å². The van der Waals surface area contributed by atoms with Crippen LogP contribution in [0.4, 0.5) is 4.39 Å². The van der Waals surface area contributed by atoms with Crippen molar-refractivity contribution in [1.82, 2.24) is 15.2 Å². The highest BCUT2D eigenvalue weighted by Gasteiger charge is 2.20. The number of halogens is 4. The Labute approximate surface area is 175 Å². The molecule has 0 unspecified atom stereocenters. The van der Waals surface area contributed by atoms with Crippen molar-refractivity contribution in [3.05, 3.63) is 87.9 Å². The van der Waals surface area contributed by atoms with E-state index < -0.39 is 5.82 Å². The van der Waals surface area contributed by atoms with Crippen LogP contribution in [0.25, 0.3) is 33.6 Å². The van der Waals surface area contributed by atoms with E-state index in [1.807, 2.05) is 12.1 Å². The highest BCUT2D eigenvalue weighted by Crippen LogP contribution is 2.40. The summed E-state index contributed by atoms with van der Waals surface area (Å²) in [6, 6.07) is 15.2. The van der Waals surface area contributed by atoms with E-state index in [1.54, 1.807) is 42.6 Å². The molecule has 3 nitrogen and oxygen atoms in total. The molecule has 0 bridgehead atoms. The number of hydrogen-bond acceptors (Lipinski definition) is 3. The molecule has 0 fully saturated rings. The fraction of sp³-hybridized carbons (Fsp3) is 0. The van der Waals surface area contributed by atoms with Crippen LogP contribution in [-0.4, -0.2) is 15.2 Å². The normalized spacial score (nSPS) is 10.9. The lowest BCUT2D eigenvalue weighted by Crippen LogP contribution is -1.99. The molecule has 28 heavy (non-hydrogen) atoms. The van der Waals surface area contributed by atoms with Gasteiger partial charge in [0.1, 0.15) is 11.5 Å². The summed E-state index contributed by atoms with van der Waals surface area (Å²) in [5.41, 5.74) is 3.22. The lowest BCUT2D eigenvalue weighted by atomic mass is 9.94. The Kier molecular flexibility index (Phi) is 5.27. The highest BCUT2D eigenvalue weighted by molar-refractivity contribution is 6.36. The van der Waals surface area contributed by atoms with Crippen LogP contribution in [0, 0.1) is 5.82 Å². The first-order valence-corrected chi connectivity index (χ1v) is 9.36. The van der Waals surface area contributed by atoms with E-state index in [1.165, 1.54) is 12.3 Å². The summed E-state index contributed by atoms with van der Waals surface area (Å²) in [5.74, 6) is -0.403. The van der Waals surface area contributed by atoms with Crippen molar-refractivity contribution < 1.29 is 4.39 Å². The SMILES string of the molecule is Fc1ccccc1-c1nncc(-c2ncc(Cl)cc2Cl)c1-c1ccc(Cl)cc1. The van der Waals surface area contributed by atoms with E-state index in [2.05, 4.69) is 15.2 Å². The number of pyridine rings is 1. The molecule has 4 rings (SSSR count). The van der Waals surface area contributed by atoms with Gasteiger partial charge in [-0.2, -0.15) is 5.10 Å². The van der Waals surface area contributed by atoms with E-state index in [9.17, 15) is 4.39 Å². The van der Waals surface area contributed by atoms with Crippen molar-refractivity contribution in [2.75, 3.05) is 0 Å². The van der Waals surface area contributed by atoms with E-state index in [0.29, 0.717) is 43.1 Å². The van der Waals surface area contributed by atoms with E-state index in [-0.39, 0.29) is 0 Å². The van der Waals surface area contributed by atoms with Gasteiger partial charge >= 0.3 is 0 Å². The number of hydrogen-bond donors (Lipinski definition) is 0. The molecule has 0 spiro atoms. The maximum Gasteiger partial charge on any atom is 0.132 e. The van der Waals surface area contributed by atoms with Gasteiger partial charge in [-0.1, -0.05) is 59.1 Å². The second-order valence-electron chi connectivity index (χ2n) is 5.95. The monoisotopic (exact) mass is 429 g/mol. The number of benzene rings is 2. The second-order valence-corrected chi connectivity index (χ2v) is 7.23. The van der Waals surface area contributed by atoms with Gasteiger partial charge in [0.2, 0.25) is 0 Å². The van der Waals surface area contributed by atoms with Crippen LogP contribution in [0.5, 0.6) is 0 Å². The fourth-order valence-electron chi connectivity index (χ4n) is 2.93. The van der Waals surface area contributed by atoms with Gasteiger partial charge in [0.05, 0.1) is 21.9 Å². The predicted octanol–water partition coefficient (Wildman–Crippen LogP) is 6.97. The van der Waals surface area contributed by atoms with Gasteiger partial charge in [0.25, 0.3) is 0 Å². The standard InChI is InChI=1S/C21H11Cl3FN3/c22-13-7-5-12(6-8-13)19-16(20-17(24)9-14(23)10-26-20)11-27-28-21(19)15-3-1-2-4-18(15)25/h1-11H. The smallest absolute Gasteiger partial charge is 0.132 e. The molecule has 7 heteroatoms. The molecule has 0 aliphatic carbocycles. The average Bonchev–Trinajstić information content (AvgIpc) is 2.69. The van der Waals surface area contributed by atoms with Gasteiger partial charge in [-0.05, 0) is 35.9 Å². The molecule has 2 aromatic carbocycles. The van der Waals surface area contributed by atoms with Crippen molar-refractivity contribution in [1.29, 1.82) is 0 Å². The van der Waals surface area contributed by atoms with Crippen LogP contribution < -0.4 is 0 Å². The molecular weight excluding hydrogens is 420 g/mol. The van der Waals surface area contributed by atoms with Gasteiger partial charge in [-0.25, -0.2) is 4.39 Å². The summed E-state index contributed by atoms with van der Waals surface area (Å²) >= 11 is 18.4. The number of aromatic nitrogens is 3. The predicted molar refractivity (Wildman–Crippen MR) is 111 cm³/mol. The Morgan fingerprint density at radius 2 is 1.50 bits per heavy atom. The minimum Gasteiger partial charge on any atom is -0.253 e. The molecule has 2 heterocycles. The number of rotatable bonds is 3. The molecule has 0 aliphatic heterocycles. The molecule has 138 valence electrons. The Balaban J connectivity index is 2.06. The van der Waals surface area contributed by atoms with Crippen LogP contribution in [0.1, 0.15) is 0 Å². The van der Waals surface area contributed by atoms with Crippen LogP contribution >= 0.6 is 34.8 Å². The number of nitrogens with zero attached hydrogens (tertiary/aromatic N) is 3. The molecule has 0 saturated heterocycles. The lowest BCUT2D eigenvalue weighted by molar-refractivity contribution is 0.630. The first kappa shape index (κ1) is 18.8. The topological polar surface area (TPSA) is 38.7 Å². The Hall–Kier alpha value is -2.53. The maximum absolute atomic E-state index is 14.6. The van der Waals surface area contributed by atoms with Gasteiger partial charge in [-0.3, -0.25) is 4.98 Å². The minimum atomic E-state index is -0.403. The molecular formula is C21H11Cl3FN3. The minimum absolute atomic E-state index is 0.326. The summed E-state index contributed by atoms with van der Waals surface area (Å²) in [6.45, 7) is 0. The van der Waals surface area contributed by atoms with Gasteiger partial charge < -0.3 is 0 Å². The molecule has 2 aromatic heterocycles. The molecule has 0 amide bonds. The first-order chi connectivity index (χ1) is 13.5. The van der Waals surface area contributed by atoms with Gasteiger partial charge in [0, 0.05) is 27.9 Å². The zero-order chi connectivity index (χ0) is 19.7. The lowest BCUT2D eigenvalue weighted by Gasteiger charge is -2.15. The molecule has 0 aliphatic rings. The summed E-state index contributed by atoms with van der Waals surface area (Å²) in [6.07, 6.45) is 3.05. The van der Waals surface area contributed by atoms with Gasteiger partial charge in [-0.15, -0.1) is 5.10 Å². The summed E-state index contributed by atoms with van der Waals surface area (Å²) in [4.78, 5) is 4.36. The van der Waals surface area contributed by atoms with Crippen molar-refractivity contribution >= 4 is 34.8 Å². The van der Waals surface area contributed by atoms with Crippen molar-refractivity contribution in [2.45, 2.75) is 0 Å². The van der Waals surface area contributed by atoms with E-state index in [4.69, 9.17) is 34.8 Å².